The molecule has 0 spiro atoms. The van der Waals surface area contributed by atoms with Gasteiger partial charge in [-0.3, -0.25) is 29.3 Å². The average molecular weight is 659 g/mol. The number of nitrogens with one attached hydrogen (secondary N) is 1. The van der Waals surface area contributed by atoms with Gasteiger partial charge in [-0.1, -0.05) is 28.9 Å². The predicted octanol–water partition coefficient (Wildman–Crippen LogP) is 2.51. The first-order chi connectivity index (χ1) is 23.1. The minimum atomic E-state index is -0.967. The minimum Gasteiger partial charge on any atom is -0.494 e. The molecule has 6 rings (SSSR count). The molecule has 3 aliphatic rings. The molecule has 5 amide bonds. The summed E-state index contributed by atoms with van der Waals surface area (Å²) in [6.45, 7) is 3.32. The number of hydrogen-bond donors (Lipinski definition) is 2. The first kappa shape index (κ1) is 33.1. The van der Waals surface area contributed by atoms with Crippen molar-refractivity contribution in [1.82, 2.24) is 25.2 Å². The van der Waals surface area contributed by atoms with Crippen LogP contribution in [0.3, 0.4) is 0 Å². The maximum atomic E-state index is 13.6. The zero-order chi connectivity index (χ0) is 33.9. The lowest BCUT2D eigenvalue weighted by Gasteiger charge is -2.38. The van der Waals surface area contributed by atoms with Crippen molar-refractivity contribution in [3.05, 3.63) is 59.3 Å². The van der Waals surface area contributed by atoms with Crippen LogP contribution in [0.2, 0.25) is 0 Å². The number of amides is 5. The Bertz CT molecular complexity index is 1700. The lowest BCUT2D eigenvalue weighted by atomic mass is 9.90. The summed E-state index contributed by atoms with van der Waals surface area (Å²) in [7, 11) is 1.75. The van der Waals surface area contributed by atoms with Gasteiger partial charge in [0.15, 0.2) is 11.3 Å². The van der Waals surface area contributed by atoms with Gasteiger partial charge in [-0.2, -0.15) is 0 Å². The molecule has 3 aliphatic heterocycles. The third-order valence-corrected chi connectivity index (χ3v) is 9.68. The topological polar surface area (TPSA) is 168 Å². The molecule has 48 heavy (non-hydrogen) atoms. The fraction of sp³-hybridized carbons (Fsp3) is 0.486. The SMILES string of the molecule is Cc1ccc2onc(C(=O)N3CC[C@H]4CC[C@@H](C(=O)N(C)CCCCOc5ccc(C6CCC(=O)NC6=O)cc5)N4C(=O)[C@@H](N)C3)c2c1. The summed E-state index contributed by atoms with van der Waals surface area (Å²) >= 11 is 0. The summed E-state index contributed by atoms with van der Waals surface area (Å²) < 4.78 is 11.2. The summed E-state index contributed by atoms with van der Waals surface area (Å²) in [4.78, 5) is 69.1. The van der Waals surface area contributed by atoms with E-state index in [1.54, 1.807) is 27.8 Å². The maximum absolute atomic E-state index is 13.6. The van der Waals surface area contributed by atoms with E-state index in [1.807, 2.05) is 43.3 Å². The van der Waals surface area contributed by atoms with E-state index in [-0.39, 0.29) is 53.7 Å². The normalized spacial score (nSPS) is 23.0. The van der Waals surface area contributed by atoms with Crippen LogP contribution >= 0.6 is 0 Å². The van der Waals surface area contributed by atoms with E-state index in [9.17, 15) is 24.0 Å². The Labute approximate surface area is 278 Å². The number of piperidine rings is 1. The number of aromatic nitrogens is 1. The van der Waals surface area contributed by atoms with Crippen LogP contribution in [0.5, 0.6) is 5.75 Å². The number of fused-ring (bicyclic) bond motifs is 2. The molecule has 4 heterocycles. The van der Waals surface area contributed by atoms with Gasteiger partial charge in [0.1, 0.15) is 17.8 Å². The maximum Gasteiger partial charge on any atom is 0.276 e. The predicted molar refractivity (Wildman–Crippen MR) is 175 cm³/mol. The molecule has 1 unspecified atom stereocenters. The molecule has 3 N–H and O–H groups in total. The Kier molecular flexibility index (Phi) is 9.76. The Morgan fingerprint density at radius 1 is 1.06 bits per heavy atom. The molecule has 0 saturated carbocycles. The van der Waals surface area contributed by atoms with Gasteiger partial charge in [-0.05, 0) is 75.3 Å². The summed E-state index contributed by atoms with van der Waals surface area (Å²) in [5.74, 6) is -0.906. The van der Waals surface area contributed by atoms with Gasteiger partial charge in [-0.15, -0.1) is 0 Å². The molecule has 0 aliphatic carbocycles. The lowest BCUT2D eigenvalue weighted by molar-refractivity contribution is -0.146. The highest BCUT2D eigenvalue weighted by Gasteiger charge is 2.45. The molecule has 3 saturated heterocycles. The number of likely N-dealkylation sites (N-methyl/N-ethyl adjacent to an activating group) is 1. The van der Waals surface area contributed by atoms with Gasteiger partial charge in [0.2, 0.25) is 23.6 Å². The molecule has 1 aromatic heterocycles. The number of benzene rings is 2. The van der Waals surface area contributed by atoms with Crippen molar-refractivity contribution < 1.29 is 33.2 Å². The number of carbonyl (C=O) groups excluding carboxylic acids is 5. The molecule has 254 valence electrons. The third kappa shape index (κ3) is 6.91. The van der Waals surface area contributed by atoms with Gasteiger partial charge < -0.3 is 29.7 Å². The van der Waals surface area contributed by atoms with Gasteiger partial charge in [-0.25, -0.2) is 0 Å². The third-order valence-electron chi connectivity index (χ3n) is 9.68. The second-order valence-corrected chi connectivity index (χ2v) is 13.1. The molecule has 2 aromatic carbocycles. The van der Waals surface area contributed by atoms with E-state index in [1.165, 1.54) is 0 Å². The van der Waals surface area contributed by atoms with Crippen molar-refractivity contribution in [2.24, 2.45) is 5.73 Å². The van der Waals surface area contributed by atoms with Gasteiger partial charge >= 0.3 is 0 Å². The van der Waals surface area contributed by atoms with Crippen molar-refractivity contribution in [2.45, 2.75) is 75.9 Å². The van der Waals surface area contributed by atoms with E-state index in [0.717, 1.165) is 17.5 Å². The lowest BCUT2D eigenvalue weighted by Crippen LogP contribution is -2.59. The van der Waals surface area contributed by atoms with E-state index in [2.05, 4.69) is 10.5 Å². The fourth-order valence-electron chi connectivity index (χ4n) is 7.00. The number of ether oxygens (including phenoxy) is 1. The summed E-state index contributed by atoms with van der Waals surface area (Å²) in [5.41, 5.74) is 8.94. The van der Waals surface area contributed by atoms with Crippen molar-refractivity contribution in [3.8, 4) is 5.75 Å². The molecule has 3 fully saturated rings. The molecule has 0 bridgehead atoms. The summed E-state index contributed by atoms with van der Waals surface area (Å²) in [5, 5.41) is 7.04. The number of nitrogens with zero attached hydrogens (tertiary/aromatic N) is 4. The molecule has 3 aromatic rings. The second kappa shape index (κ2) is 14.1. The van der Waals surface area contributed by atoms with Crippen molar-refractivity contribution in [3.63, 3.8) is 0 Å². The van der Waals surface area contributed by atoms with Gasteiger partial charge in [0.25, 0.3) is 5.91 Å². The van der Waals surface area contributed by atoms with E-state index in [4.69, 9.17) is 15.0 Å². The molecular formula is C35H42N6O7. The Morgan fingerprint density at radius 3 is 2.62 bits per heavy atom. The highest BCUT2D eigenvalue weighted by Crippen LogP contribution is 2.31. The smallest absolute Gasteiger partial charge is 0.276 e. The second-order valence-electron chi connectivity index (χ2n) is 13.1. The molecule has 13 nitrogen and oxygen atoms in total. The van der Waals surface area contributed by atoms with Crippen molar-refractivity contribution >= 4 is 40.5 Å². The highest BCUT2D eigenvalue weighted by molar-refractivity contribution is 6.04. The van der Waals surface area contributed by atoms with Crippen molar-refractivity contribution in [1.29, 1.82) is 0 Å². The largest absolute Gasteiger partial charge is 0.494 e. The number of aryl methyl sites for hydroxylation is 1. The number of imide groups is 1. The molecular weight excluding hydrogens is 616 g/mol. The van der Waals surface area contributed by atoms with Crippen LogP contribution in [0.1, 0.15) is 72.5 Å². The van der Waals surface area contributed by atoms with Crippen molar-refractivity contribution in [2.75, 3.05) is 33.3 Å². The Morgan fingerprint density at radius 2 is 1.85 bits per heavy atom. The van der Waals surface area contributed by atoms with Crippen LogP contribution in [-0.2, 0) is 19.2 Å². The quantitative estimate of drug-likeness (QED) is 0.259. The van der Waals surface area contributed by atoms with Crippen LogP contribution < -0.4 is 15.8 Å². The van der Waals surface area contributed by atoms with Crippen LogP contribution in [-0.4, -0.2) is 101 Å². The van der Waals surface area contributed by atoms with Gasteiger partial charge in [0, 0.05) is 39.1 Å². The zero-order valence-corrected chi connectivity index (χ0v) is 27.4. The van der Waals surface area contributed by atoms with E-state index >= 15 is 0 Å². The molecule has 0 radical (unpaired) electrons. The molecule has 4 atom stereocenters. The number of carbonyl (C=O) groups is 5. The van der Waals surface area contributed by atoms with Crippen LogP contribution in [0.25, 0.3) is 11.0 Å². The first-order valence-electron chi connectivity index (χ1n) is 16.6. The summed E-state index contributed by atoms with van der Waals surface area (Å²) in [6, 6.07) is 11.1. The number of nitrogens with two attached hydrogens (primary N) is 1. The summed E-state index contributed by atoms with van der Waals surface area (Å²) in [6.07, 6.45) is 4.01. The molecule has 13 heteroatoms. The highest BCUT2D eigenvalue weighted by atomic mass is 16.5. The van der Waals surface area contributed by atoms with E-state index in [0.29, 0.717) is 74.9 Å². The zero-order valence-electron chi connectivity index (χ0n) is 27.4. The minimum absolute atomic E-state index is 0.0253. The van der Waals surface area contributed by atoms with Crippen LogP contribution in [0.15, 0.2) is 47.0 Å². The average Bonchev–Trinajstić information content (AvgIpc) is 3.69. The number of rotatable bonds is 9. The Balaban J connectivity index is 0.976. The van der Waals surface area contributed by atoms with E-state index < -0.39 is 12.1 Å². The number of unbranched alkanes of at least 4 members (excludes halogenated alkanes) is 1. The number of hydrogen-bond acceptors (Lipinski definition) is 9. The first-order valence-corrected chi connectivity index (χ1v) is 16.6. The fourth-order valence-corrected chi connectivity index (χ4v) is 7.00. The monoisotopic (exact) mass is 658 g/mol. The standard InChI is InChI=1S/C35H42N6O7/c1-21-5-13-29-26(19-21)31(38-48-29)35(46)40-17-15-23-8-12-28(41(23)33(44)27(36)20-40)34(45)39(2)16-3-4-18-47-24-9-6-22(7-10-24)25-11-14-30(42)37-32(25)43/h5-7,9-10,13,19,23,25,27-28H,3-4,8,11-12,14-18,20,36H2,1-2H3,(H,37,42,43)/t23-,25?,27+,28+/m1/s1. The Hall–Kier alpha value is -4.78. The van der Waals surface area contributed by atoms with Gasteiger partial charge in [0.05, 0.1) is 17.9 Å². The van der Waals surface area contributed by atoms with Crippen LogP contribution in [0, 0.1) is 6.92 Å². The van der Waals surface area contributed by atoms with Crippen LogP contribution in [0.4, 0.5) is 0 Å².